The first-order chi connectivity index (χ1) is 41.3. The van der Waals surface area contributed by atoms with Crippen molar-refractivity contribution in [2.75, 3.05) is 114 Å². The van der Waals surface area contributed by atoms with Gasteiger partial charge in [-0.15, -0.1) is 11.6 Å². The maximum Gasteiger partial charge on any atom is 0.169 e. The number of alkyl halides is 1. The summed E-state index contributed by atoms with van der Waals surface area (Å²) >= 11 is 5.76. The molecule has 20 nitrogen and oxygen atoms in total. The average molecular weight is 1210 g/mol. The number of nitrogens with one attached hydrogen (secondary N) is 3. The molecule has 2 saturated heterocycles. The van der Waals surface area contributed by atoms with Gasteiger partial charge in [0.05, 0.1) is 98.2 Å². The summed E-state index contributed by atoms with van der Waals surface area (Å²) in [6, 6.07) is 41.4. The Kier molecular flexibility index (Phi) is 22.1. The van der Waals surface area contributed by atoms with Gasteiger partial charge < -0.3 is 58.7 Å². The van der Waals surface area contributed by atoms with E-state index < -0.39 is 19.7 Å². The van der Waals surface area contributed by atoms with Crippen LogP contribution in [0.2, 0.25) is 0 Å². The molecule has 0 radical (unpaired) electrons. The first-order valence-electron chi connectivity index (χ1n) is 27.1. The van der Waals surface area contributed by atoms with Crippen molar-refractivity contribution in [3.8, 4) is 69.6 Å². The summed E-state index contributed by atoms with van der Waals surface area (Å²) in [6.45, 7) is 4.03. The highest BCUT2D eigenvalue weighted by Gasteiger charge is 2.22. The second-order valence-electron chi connectivity index (χ2n) is 19.2. The Morgan fingerprint density at radius 1 is 0.541 bits per heavy atom. The van der Waals surface area contributed by atoms with Gasteiger partial charge in [0.1, 0.15) is 23.6 Å². The molecule has 23 heteroatoms. The van der Waals surface area contributed by atoms with Crippen LogP contribution >= 0.6 is 11.6 Å². The number of ether oxygens (including phenoxy) is 8. The number of nitrogens with zero attached hydrogens (tertiary/aromatic N) is 5. The van der Waals surface area contributed by atoms with E-state index in [2.05, 4.69) is 43.0 Å². The molecule has 6 aromatic carbocycles. The fourth-order valence-electron chi connectivity index (χ4n) is 8.91. The van der Waals surface area contributed by atoms with Gasteiger partial charge in [0.25, 0.3) is 0 Å². The Labute approximate surface area is 499 Å². The summed E-state index contributed by atoms with van der Waals surface area (Å²) in [7, 11) is 0.799. The van der Waals surface area contributed by atoms with Crippen molar-refractivity contribution in [2.45, 2.75) is 12.8 Å². The van der Waals surface area contributed by atoms with Crippen LogP contribution in [0.4, 0.5) is 22.7 Å². The van der Waals surface area contributed by atoms with Crippen molar-refractivity contribution < 1.29 is 54.7 Å². The zero-order valence-electron chi connectivity index (χ0n) is 47.4. The van der Waals surface area contributed by atoms with E-state index in [0.717, 1.165) is 29.7 Å². The standard InChI is InChI=1S/C31H32N4O6S.C27H24ClN3O4.C4H9NO2S/c1-38-27-6-3-4-7-28(27)41-24-10-8-23(9-11-24)34-31-22(20-32)21-33-26-19-30(29(39-2)18-25(26)31)40-15-5-12-35-13-16-42(36,37)17-14-35;1-32-23-6-3-4-7-24(23)35-20-10-8-19(9-11-20)31-27-18(16-29)17-30-22-15-26(34-13-5-12-28)25(33-2)14-21(22)27;6-8(7)3-1-5-2-4-8/h3-4,6-11,18-19,21H,5,12-17H2,1-2H3,(H,33,34);3-4,6-11,14-15,17H,5,12-13H2,1-2H3,(H,30,31);5H,1-4H2. The first-order valence-corrected chi connectivity index (χ1v) is 31.3. The number of halogens is 1. The molecule has 0 aliphatic carbocycles. The first kappa shape index (κ1) is 62.3. The molecule has 0 atom stereocenters. The summed E-state index contributed by atoms with van der Waals surface area (Å²) in [5.41, 5.74) is 4.88. The van der Waals surface area contributed by atoms with Crippen LogP contribution in [0.15, 0.2) is 134 Å². The average Bonchev–Trinajstić information content (AvgIpc) is 2.89. The third-order valence-corrected chi connectivity index (χ3v) is 16.9. The van der Waals surface area contributed by atoms with Crippen LogP contribution in [0, 0.1) is 22.7 Å². The number of para-hydroxylation sites is 4. The van der Waals surface area contributed by atoms with E-state index in [0.29, 0.717) is 160 Å². The number of sulfone groups is 2. The van der Waals surface area contributed by atoms with E-state index >= 15 is 0 Å². The van der Waals surface area contributed by atoms with E-state index in [4.69, 9.17) is 49.5 Å². The maximum absolute atomic E-state index is 11.6. The highest BCUT2D eigenvalue weighted by Crippen LogP contribution is 2.40. The number of hydrogen-bond acceptors (Lipinski definition) is 20. The number of methoxy groups -OCH3 is 4. The van der Waals surface area contributed by atoms with Gasteiger partial charge in [-0.3, -0.25) is 9.97 Å². The van der Waals surface area contributed by atoms with Crippen molar-refractivity contribution in [1.29, 1.82) is 10.5 Å². The molecule has 2 aliphatic heterocycles. The Bertz CT molecular complexity index is 3860. The molecule has 8 aromatic rings. The minimum Gasteiger partial charge on any atom is -0.493 e. The van der Waals surface area contributed by atoms with Gasteiger partial charge in [-0.2, -0.15) is 10.5 Å². The Balaban J connectivity index is 0.000000198. The van der Waals surface area contributed by atoms with E-state index in [1.807, 2.05) is 109 Å². The van der Waals surface area contributed by atoms with Crippen LogP contribution in [-0.4, -0.2) is 135 Å². The van der Waals surface area contributed by atoms with E-state index in [1.54, 1.807) is 46.8 Å². The maximum atomic E-state index is 11.6. The molecule has 2 aliphatic rings. The molecule has 0 spiro atoms. The predicted molar refractivity (Wildman–Crippen MR) is 329 cm³/mol. The van der Waals surface area contributed by atoms with Crippen molar-refractivity contribution in [3.63, 3.8) is 0 Å². The predicted octanol–water partition coefficient (Wildman–Crippen LogP) is 10.8. The molecule has 4 heterocycles. The van der Waals surface area contributed by atoms with Crippen LogP contribution in [0.3, 0.4) is 0 Å². The van der Waals surface area contributed by atoms with E-state index in [-0.39, 0.29) is 11.5 Å². The Hall–Kier alpha value is -8.77. The Morgan fingerprint density at radius 2 is 0.953 bits per heavy atom. The SMILES string of the molecule is COc1cc2c(Nc3ccc(Oc4ccccc4OC)cc3)c(C#N)cnc2cc1OCCCCl.COc1cc2c(Nc3ccc(Oc4ccccc4OC)cc3)c(C#N)cnc2cc1OCCCN1CCS(=O)(=O)CC1.O=S1(=O)CCNCC1. The molecule has 2 aromatic heterocycles. The van der Waals surface area contributed by atoms with Crippen molar-refractivity contribution in [1.82, 2.24) is 20.2 Å². The van der Waals surface area contributed by atoms with E-state index in [9.17, 15) is 27.4 Å². The number of fused-ring (bicyclic) bond motifs is 2. The largest absolute Gasteiger partial charge is 0.493 e. The molecule has 0 saturated carbocycles. The van der Waals surface area contributed by atoms with Gasteiger partial charge in [0.15, 0.2) is 65.7 Å². The van der Waals surface area contributed by atoms with Gasteiger partial charge in [-0.25, -0.2) is 16.8 Å². The minimum absolute atomic E-state index is 0.208. The lowest BCUT2D eigenvalue weighted by Gasteiger charge is -2.26. The molecule has 85 heavy (non-hydrogen) atoms. The number of anilines is 4. The topological polar surface area (TPSA) is 255 Å². The quantitative estimate of drug-likeness (QED) is 0.0446. The summed E-state index contributed by atoms with van der Waals surface area (Å²) in [5, 5.41) is 30.6. The molecule has 0 unspecified atom stereocenters. The monoisotopic (exact) mass is 1210 g/mol. The second kappa shape index (κ2) is 30.2. The zero-order valence-corrected chi connectivity index (χ0v) is 49.8. The van der Waals surface area contributed by atoms with Gasteiger partial charge in [0, 0.05) is 85.3 Å². The molecule has 10 rings (SSSR count). The van der Waals surface area contributed by atoms with Crippen LogP contribution in [-0.2, 0) is 19.7 Å². The third-order valence-electron chi connectivity index (χ3n) is 13.4. The van der Waals surface area contributed by atoms with Gasteiger partial charge in [-0.05, 0) is 97.8 Å². The second-order valence-corrected chi connectivity index (χ2v) is 24.1. The summed E-state index contributed by atoms with van der Waals surface area (Å²) in [5.74, 6) is 7.56. The minimum atomic E-state index is -2.90. The fourth-order valence-corrected chi connectivity index (χ4v) is 11.4. The molecular formula is C62H65ClN8O12S2. The smallest absolute Gasteiger partial charge is 0.169 e. The normalized spacial score (nSPS) is 14.1. The van der Waals surface area contributed by atoms with Crippen LogP contribution in [0.25, 0.3) is 21.8 Å². The molecule has 0 bridgehead atoms. The zero-order chi connectivity index (χ0) is 60.2. The van der Waals surface area contributed by atoms with Crippen molar-refractivity contribution in [3.05, 3.63) is 145 Å². The van der Waals surface area contributed by atoms with Crippen LogP contribution < -0.4 is 53.8 Å². The van der Waals surface area contributed by atoms with Gasteiger partial charge >= 0.3 is 0 Å². The van der Waals surface area contributed by atoms with Crippen LogP contribution in [0.5, 0.6) is 57.5 Å². The van der Waals surface area contributed by atoms with Gasteiger partial charge in [0.2, 0.25) is 0 Å². The molecule has 3 N–H and O–H groups in total. The fraction of sp³-hybridized carbons (Fsp3) is 0.290. The number of aromatic nitrogens is 2. The Morgan fingerprint density at radius 3 is 1.34 bits per heavy atom. The summed E-state index contributed by atoms with van der Waals surface area (Å²) < 4.78 is 90.2. The van der Waals surface area contributed by atoms with Crippen molar-refractivity contribution in [2.24, 2.45) is 0 Å². The summed E-state index contributed by atoms with van der Waals surface area (Å²) in [4.78, 5) is 11.1. The highest BCUT2D eigenvalue weighted by atomic mass is 35.5. The number of pyridine rings is 2. The van der Waals surface area contributed by atoms with E-state index in [1.165, 1.54) is 6.20 Å². The summed E-state index contributed by atoms with van der Waals surface area (Å²) in [6.07, 6.45) is 4.53. The third kappa shape index (κ3) is 17.2. The van der Waals surface area contributed by atoms with Crippen LogP contribution in [0.1, 0.15) is 24.0 Å². The number of benzene rings is 6. The van der Waals surface area contributed by atoms with Crippen molar-refractivity contribution >= 4 is 75.8 Å². The lowest BCUT2D eigenvalue weighted by atomic mass is 10.1. The molecule has 2 fully saturated rings. The molecule has 0 amide bonds. The lowest BCUT2D eigenvalue weighted by Crippen LogP contribution is -2.40. The number of rotatable bonds is 21. The lowest BCUT2D eigenvalue weighted by molar-refractivity contribution is 0.240. The number of nitriles is 2. The highest BCUT2D eigenvalue weighted by molar-refractivity contribution is 7.91. The number of hydrogen-bond donors (Lipinski definition) is 3. The van der Waals surface area contributed by atoms with Gasteiger partial charge in [-0.1, -0.05) is 24.3 Å². The molecule has 444 valence electrons. The molecular weight excluding hydrogens is 1150 g/mol.